The highest BCUT2D eigenvalue weighted by atomic mass is 19.4. The zero-order valence-electron chi connectivity index (χ0n) is 73.9. The number of alkyl halides is 6. The van der Waals surface area contributed by atoms with Gasteiger partial charge >= 0.3 is 12.4 Å². The lowest BCUT2D eigenvalue weighted by Gasteiger charge is -2.29. The molecule has 0 saturated heterocycles. The van der Waals surface area contributed by atoms with E-state index in [0.29, 0.717) is 5.41 Å². The first-order valence-corrected chi connectivity index (χ1v) is 37.5. The van der Waals surface area contributed by atoms with Crippen LogP contribution in [0.25, 0.3) is 0 Å². The summed E-state index contributed by atoms with van der Waals surface area (Å²) < 4.78 is 73.9. The number of hydrogen-bond donors (Lipinski definition) is 0. The Morgan fingerprint density at radius 2 is 0.255 bits per heavy atom. The maximum absolute atomic E-state index is 11.6. The van der Waals surface area contributed by atoms with E-state index in [4.69, 9.17) is 0 Å². The minimum absolute atomic E-state index is 0.104. The first kappa shape index (κ1) is 122. The molecule has 8 aromatic carbocycles. The predicted octanol–water partition coefficient (Wildman–Crippen LogP) is 33.5. The molecular formula is C95H160F6O. The third-order valence-corrected chi connectivity index (χ3v) is 12.8. The second-order valence-corrected chi connectivity index (χ2v) is 23.4. The zero-order valence-corrected chi connectivity index (χ0v) is 73.9. The van der Waals surface area contributed by atoms with Gasteiger partial charge in [0.2, 0.25) is 0 Å². The molecule has 0 aromatic heterocycles. The Bertz CT molecular complexity index is 2220. The van der Waals surface area contributed by atoms with Crippen molar-refractivity contribution < 1.29 is 31.1 Å². The lowest BCUT2D eigenvalue weighted by Crippen LogP contribution is -2.44. The van der Waals surface area contributed by atoms with Gasteiger partial charge in [-0.3, -0.25) is 0 Å². The van der Waals surface area contributed by atoms with Crippen LogP contribution in [-0.4, -0.2) is 26.6 Å². The average molecular weight is 1430 g/mol. The van der Waals surface area contributed by atoms with Gasteiger partial charge in [0.25, 0.3) is 0 Å². The quantitative estimate of drug-likeness (QED) is 0.138. The lowest BCUT2D eigenvalue weighted by atomic mass is 9.92. The van der Waals surface area contributed by atoms with E-state index in [-0.39, 0.29) is 13.8 Å². The number of benzene rings is 8. The monoisotopic (exact) mass is 1430 g/mol. The molecule has 0 unspecified atom stereocenters. The summed E-state index contributed by atoms with van der Waals surface area (Å²) in [5, 5.41) is 0. The van der Waals surface area contributed by atoms with Gasteiger partial charge in [0.1, 0.15) is 0 Å². The fourth-order valence-corrected chi connectivity index (χ4v) is 5.46. The van der Waals surface area contributed by atoms with Crippen LogP contribution in [0.2, 0.25) is 0 Å². The van der Waals surface area contributed by atoms with E-state index in [0.717, 1.165) is 0 Å². The Kier molecular flexibility index (Phi) is 99.7. The van der Waals surface area contributed by atoms with Crippen LogP contribution in [0.4, 0.5) is 26.3 Å². The fraction of sp³-hybridized carbons (Fsp3) is 0.495. The first-order chi connectivity index (χ1) is 47.8. The van der Waals surface area contributed by atoms with E-state index in [9.17, 15) is 26.3 Å². The third kappa shape index (κ3) is 80.6. The van der Waals surface area contributed by atoms with Crippen molar-refractivity contribution >= 4 is 0 Å². The Morgan fingerprint density at radius 3 is 0.275 bits per heavy atom. The molecule has 0 aliphatic rings. The van der Waals surface area contributed by atoms with E-state index >= 15 is 0 Å². The summed E-state index contributed by atoms with van der Waals surface area (Å²) in [5.74, 6) is 0. The van der Waals surface area contributed by atoms with Crippen molar-refractivity contribution in [3.05, 3.63) is 283 Å². The van der Waals surface area contributed by atoms with Gasteiger partial charge in [0.05, 0.1) is 0 Å². The molecule has 0 atom stereocenters. The van der Waals surface area contributed by atoms with Crippen LogP contribution in [0.3, 0.4) is 0 Å². The second-order valence-electron chi connectivity index (χ2n) is 23.4. The molecular weight excluding hydrogens is 1270 g/mol. The van der Waals surface area contributed by atoms with Gasteiger partial charge in [0, 0.05) is 14.2 Å². The minimum atomic E-state index is -5.24. The average Bonchev–Trinajstić information content (AvgIpc) is 0.793. The highest BCUT2D eigenvalue weighted by molar-refractivity contribution is 5.28. The second kappa shape index (κ2) is 83.2. The van der Waals surface area contributed by atoms with Crippen LogP contribution in [0.1, 0.15) is 262 Å². The summed E-state index contributed by atoms with van der Waals surface area (Å²) >= 11 is 0. The molecule has 1 nitrogen and oxygen atoms in total. The smallest absolute Gasteiger partial charge is 0.388 e. The number of methoxy groups -OCH3 is 1. The van der Waals surface area contributed by atoms with Crippen LogP contribution in [0.5, 0.6) is 0 Å². The number of rotatable bonds is 0. The standard InChI is InChI=1S/8C8H10.C5H6F6.C5H12.C3H8.C2H6O.8C2H6/c8*1-7-5-3-4-6-8(7)2;1-3(2,4(6,7)8)5(9,10)11;1-5(2,3)4;2*1-3-2;8*1-2/h8*3-6H,1-2H3;1-2H3;1-4H3;3H2,1-2H3;1-2H3;8*1-2H3. The number of ether oxygens (including phenoxy) is 1. The van der Waals surface area contributed by atoms with E-state index in [1.54, 1.807) is 14.2 Å². The summed E-state index contributed by atoms with van der Waals surface area (Å²) in [7, 11) is 3.25. The van der Waals surface area contributed by atoms with Gasteiger partial charge in [-0.25, -0.2) is 0 Å². The minimum Gasteiger partial charge on any atom is -0.388 e. The summed E-state index contributed by atoms with van der Waals surface area (Å²) in [6.45, 7) is 79.1. The largest absolute Gasteiger partial charge is 0.402 e. The Balaban J connectivity index is -0.0000000857. The molecule has 0 bridgehead atoms. The maximum Gasteiger partial charge on any atom is 0.402 e. The lowest BCUT2D eigenvalue weighted by molar-refractivity contribution is -0.327. The zero-order chi connectivity index (χ0) is 83.3. The Hall–Kier alpha value is -6.70. The molecule has 0 radical (unpaired) electrons. The third-order valence-electron chi connectivity index (χ3n) is 12.8. The van der Waals surface area contributed by atoms with Crippen molar-refractivity contribution in [3.8, 4) is 0 Å². The van der Waals surface area contributed by atoms with Crippen LogP contribution < -0.4 is 0 Å². The van der Waals surface area contributed by atoms with Crippen LogP contribution in [0.15, 0.2) is 194 Å². The topological polar surface area (TPSA) is 9.23 Å². The fourth-order valence-electron chi connectivity index (χ4n) is 5.46. The van der Waals surface area contributed by atoms with Crippen molar-refractivity contribution in [2.24, 2.45) is 10.8 Å². The molecule has 0 amide bonds. The van der Waals surface area contributed by atoms with E-state index in [1.165, 1.54) is 95.4 Å². The van der Waals surface area contributed by atoms with Crippen molar-refractivity contribution in [1.82, 2.24) is 0 Å². The molecule has 8 rings (SSSR count). The molecule has 0 aliphatic carbocycles. The highest BCUT2D eigenvalue weighted by Gasteiger charge is 2.64. The van der Waals surface area contributed by atoms with Crippen molar-refractivity contribution in [1.29, 1.82) is 0 Å². The van der Waals surface area contributed by atoms with Crippen molar-refractivity contribution in [2.75, 3.05) is 14.2 Å². The molecule has 7 heteroatoms. The maximum atomic E-state index is 11.6. The first-order valence-electron chi connectivity index (χ1n) is 37.5. The summed E-state index contributed by atoms with van der Waals surface area (Å²) in [6, 6.07) is 66.9. The summed E-state index contributed by atoms with van der Waals surface area (Å²) in [5.41, 5.74) is 18.8. The van der Waals surface area contributed by atoms with Crippen LogP contribution in [-0.2, 0) is 4.74 Å². The Morgan fingerprint density at radius 1 is 0.206 bits per heavy atom. The van der Waals surface area contributed by atoms with Gasteiger partial charge in [-0.15, -0.1) is 0 Å². The van der Waals surface area contributed by atoms with Gasteiger partial charge in [-0.1, -0.05) is 353 Å². The molecule has 8 aromatic rings. The van der Waals surface area contributed by atoms with Gasteiger partial charge in [-0.05, 0) is 219 Å². The molecule has 588 valence electrons. The van der Waals surface area contributed by atoms with Gasteiger partial charge < -0.3 is 4.74 Å². The van der Waals surface area contributed by atoms with Crippen molar-refractivity contribution in [3.63, 3.8) is 0 Å². The SMILES string of the molecule is CC.CC.CC.CC.CC.CC.CC.CC.CC(C)(C(F)(F)F)C(F)(F)F.CC(C)(C)C.CCC.COC.Cc1ccccc1C.Cc1ccccc1C.Cc1ccccc1C.Cc1ccccc1C.Cc1ccccc1C.Cc1ccccc1C.Cc1ccccc1C.Cc1ccccc1C. The molecule has 0 aliphatic heterocycles. The van der Waals surface area contributed by atoms with E-state index < -0.39 is 17.8 Å². The predicted molar refractivity (Wildman–Crippen MR) is 458 cm³/mol. The van der Waals surface area contributed by atoms with Crippen molar-refractivity contribution in [2.45, 2.75) is 296 Å². The number of hydrogen-bond acceptors (Lipinski definition) is 1. The molecule has 0 N–H and O–H groups in total. The normalized spacial score (nSPS) is 8.86. The number of aryl methyl sites for hydroxylation is 16. The molecule has 0 spiro atoms. The molecule has 0 heterocycles. The molecule has 0 saturated carbocycles. The summed E-state index contributed by atoms with van der Waals surface area (Å²) in [4.78, 5) is 0. The van der Waals surface area contributed by atoms with Crippen LogP contribution in [0, 0.1) is 122 Å². The summed E-state index contributed by atoms with van der Waals surface area (Å²) in [6.07, 6.45) is -9.24. The van der Waals surface area contributed by atoms with E-state index in [2.05, 4.69) is 351 Å². The molecule has 102 heavy (non-hydrogen) atoms. The Labute approximate surface area is 631 Å². The van der Waals surface area contributed by atoms with Crippen LogP contribution >= 0.6 is 0 Å². The van der Waals surface area contributed by atoms with E-state index in [1.807, 2.05) is 111 Å². The molecule has 0 fully saturated rings. The highest BCUT2D eigenvalue weighted by Crippen LogP contribution is 2.49. The number of halogens is 6. The van der Waals surface area contributed by atoms with Gasteiger partial charge in [-0.2, -0.15) is 26.3 Å². The van der Waals surface area contributed by atoms with Gasteiger partial charge in [0.15, 0.2) is 5.41 Å².